The highest BCUT2D eigenvalue weighted by Crippen LogP contribution is 2.35. The third kappa shape index (κ3) is 5.28. The average molecular weight is 516 g/mol. The summed E-state index contributed by atoms with van der Waals surface area (Å²) in [7, 11) is -4.07. The van der Waals surface area contributed by atoms with Crippen LogP contribution in [0.25, 0.3) is 11.4 Å². The maximum atomic E-state index is 13.3. The molecule has 11 heteroatoms. The Morgan fingerprint density at radius 3 is 2.44 bits per heavy atom. The summed E-state index contributed by atoms with van der Waals surface area (Å²) in [4.78, 5) is 16.7. The Labute approximate surface area is 209 Å². The lowest BCUT2D eigenvalue weighted by atomic mass is 9.98. The third-order valence-corrected chi connectivity index (χ3v) is 8.87. The number of carbonyl (C=O) groups excluding carboxylic acids is 1. The number of aromatic nitrogens is 2. The normalized spacial score (nSPS) is 15.4. The fourth-order valence-corrected chi connectivity index (χ4v) is 6.08. The summed E-state index contributed by atoms with van der Waals surface area (Å²) in [6, 6.07) is 13.9. The Kier molecular flexibility index (Phi) is 8.02. The molecule has 0 spiro atoms. The van der Waals surface area contributed by atoms with Gasteiger partial charge in [-0.1, -0.05) is 36.3 Å². The Morgan fingerprint density at radius 2 is 1.81 bits per heavy atom. The molecule has 1 saturated heterocycles. The summed E-state index contributed by atoms with van der Waals surface area (Å²) in [6.07, 6.45) is 2.04. The first-order valence-electron chi connectivity index (χ1n) is 11.8. The van der Waals surface area contributed by atoms with Gasteiger partial charge in [-0.05, 0) is 55.5 Å². The molecule has 1 aromatic heterocycles. The first-order valence-corrected chi connectivity index (χ1v) is 13.3. The molecule has 3 aromatic rings. The van der Waals surface area contributed by atoms with Gasteiger partial charge in [0.05, 0.1) is 11.5 Å². The molecular weight excluding hydrogens is 486 g/mol. The van der Waals surface area contributed by atoms with Crippen LogP contribution in [0.4, 0.5) is 0 Å². The van der Waals surface area contributed by atoms with Crippen molar-refractivity contribution >= 4 is 15.7 Å². The number of aryl methyl sites for hydroxylation is 2. The predicted octanol–water partition coefficient (Wildman–Crippen LogP) is 3.14. The van der Waals surface area contributed by atoms with E-state index < -0.39 is 20.5 Å². The molecule has 2 N–H and O–H groups in total. The molecular formula is C25H29N3O7S. The standard InChI is InChI=1S/C25H29N3O7S/c1-2-18-5-7-19(8-6-18)23-26-22(35-28-23)4-3-15-34-20-9-11-21(12-10-20)36(31,32)25(24(29)27-30)13-16-33-17-14-25/h5-12,30H,2-4,13-17H2,1H3,(H,27,29). The zero-order chi connectivity index (χ0) is 25.6. The lowest BCUT2D eigenvalue weighted by Gasteiger charge is -2.34. The molecule has 0 radical (unpaired) electrons. The number of hydrogen-bond acceptors (Lipinski definition) is 9. The maximum absolute atomic E-state index is 13.3. The van der Waals surface area contributed by atoms with E-state index in [2.05, 4.69) is 17.1 Å². The van der Waals surface area contributed by atoms with E-state index in [1.807, 2.05) is 24.3 Å². The number of benzene rings is 2. The molecule has 10 nitrogen and oxygen atoms in total. The number of carbonyl (C=O) groups is 1. The quantitative estimate of drug-likeness (QED) is 0.237. The molecule has 0 unspecified atom stereocenters. The van der Waals surface area contributed by atoms with Crippen LogP contribution < -0.4 is 10.2 Å². The van der Waals surface area contributed by atoms with E-state index in [-0.39, 0.29) is 31.0 Å². The molecule has 192 valence electrons. The van der Waals surface area contributed by atoms with Crippen LogP contribution in [0.1, 0.15) is 37.6 Å². The number of nitrogens with zero attached hydrogens (tertiary/aromatic N) is 2. The Bertz CT molecular complexity index is 1270. The van der Waals surface area contributed by atoms with E-state index >= 15 is 0 Å². The monoisotopic (exact) mass is 515 g/mol. The fourth-order valence-electron chi connectivity index (χ4n) is 4.14. The molecule has 0 bridgehead atoms. The van der Waals surface area contributed by atoms with Crippen molar-refractivity contribution in [3.63, 3.8) is 0 Å². The second-order valence-electron chi connectivity index (χ2n) is 8.54. The number of hydrogen-bond donors (Lipinski definition) is 2. The van der Waals surface area contributed by atoms with Gasteiger partial charge >= 0.3 is 0 Å². The highest BCUT2D eigenvalue weighted by Gasteiger charge is 2.52. The van der Waals surface area contributed by atoms with Crippen LogP contribution in [0.3, 0.4) is 0 Å². The van der Waals surface area contributed by atoms with E-state index in [0.717, 1.165) is 12.0 Å². The summed E-state index contributed by atoms with van der Waals surface area (Å²) in [5.74, 6) is 0.596. The topological polar surface area (TPSA) is 141 Å². The average Bonchev–Trinajstić information content (AvgIpc) is 3.40. The summed E-state index contributed by atoms with van der Waals surface area (Å²) in [6.45, 7) is 2.69. The van der Waals surface area contributed by atoms with Gasteiger partial charge in [0.2, 0.25) is 11.7 Å². The van der Waals surface area contributed by atoms with Gasteiger partial charge in [-0.25, -0.2) is 13.9 Å². The van der Waals surface area contributed by atoms with Crippen molar-refractivity contribution in [3.8, 4) is 17.1 Å². The van der Waals surface area contributed by atoms with Gasteiger partial charge in [-0.2, -0.15) is 4.98 Å². The first kappa shape index (κ1) is 25.8. The number of amides is 1. The zero-order valence-corrected chi connectivity index (χ0v) is 20.8. The van der Waals surface area contributed by atoms with Crippen molar-refractivity contribution in [3.05, 3.63) is 60.0 Å². The molecule has 0 aliphatic carbocycles. The van der Waals surface area contributed by atoms with Crippen LogP contribution in [0.5, 0.6) is 5.75 Å². The van der Waals surface area contributed by atoms with E-state index in [4.69, 9.17) is 19.2 Å². The molecule has 4 rings (SSSR count). The van der Waals surface area contributed by atoms with E-state index in [1.165, 1.54) is 23.2 Å². The first-order chi connectivity index (χ1) is 17.4. The van der Waals surface area contributed by atoms with E-state index in [0.29, 0.717) is 36.9 Å². The minimum Gasteiger partial charge on any atom is -0.494 e. The molecule has 2 aromatic carbocycles. The van der Waals surface area contributed by atoms with Crippen LogP contribution in [0.2, 0.25) is 0 Å². The molecule has 1 aliphatic heterocycles. The third-order valence-electron chi connectivity index (χ3n) is 6.36. The van der Waals surface area contributed by atoms with Crippen molar-refractivity contribution in [2.45, 2.75) is 48.7 Å². The molecule has 1 aliphatic rings. The number of sulfone groups is 1. The summed E-state index contributed by atoms with van der Waals surface area (Å²) in [5.41, 5.74) is 3.65. The van der Waals surface area contributed by atoms with Gasteiger partial charge in [0.25, 0.3) is 5.91 Å². The maximum Gasteiger partial charge on any atom is 0.265 e. The van der Waals surface area contributed by atoms with Crippen molar-refractivity contribution < 1.29 is 32.4 Å². The van der Waals surface area contributed by atoms with Gasteiger partial charge in [0, 0.05) is 25.2 Å². The number of rotatable bonds is 10. The zero-order valence-electron chi connectivity index (χ0n) is 20.0. The molecule has 1 amide bonds. The minimum atomic E-state index is -4.07. The van der Waals surface area contributed by atoms with Gasteiger partial charge in [-0.15, -0.1) is 0 Å². The van der Waals surface area contributed by atoms with Crippen LogP contribution in [-0.4, -0.2) is 54.2 Å². The van der Waals surface area contributed by atoms with Crippen molar-refractivity contribution in [1.29, 1.82) is 0 Å². The van der Waals surface area contributed by atoms with E-state index in [9.17, 15) is 13.2 Å². The minimum absolute atomic E-state index is 0.0225. The van der Waals surface area contributed by atoms with Crippen LogP contribution in [-0.2, 0) is 32.2 Å². The lowest BCUT2D eigenvalue weighted by Crippen LogP contribution is -2.54. The number of ether oxygens (including phenoxy) is 2. The second kappa shape index (κ2) is 11.2. The highest BCUT2D eigenvalue weighted by atomic mass is 32.2. The molecule has 2 heterocycles. The summed E-state index contributed by atoms with van der Waals surface area (Å²) in [5, 5.41) is 13.2. The molecule has 0 saturated carbocycles. The number of hydroxylamine groups is 1. The molecule has 36 heavy (non-hydrogen) atoms. The Morgan fingerprint density at radius 1 is 1.11 bits per heavy atom. The lowest BCUT2D eigenvalue weighted by molar-refractivity contribution is -0.134. The van der Waals surface area contributed by atoms with Gasteiger partial charge in [0.1, 0.15) is 5.75 Å². The SMILES string of the molecule is CCc1ccc(-c2noc(CCCOc3ccc(S(=O)(=O)C4(C(=O)NO)CCOCC4)cc3)n2)cc1. The van der Waals surface area contributed by atoms with Crippen LogP contribution in [0, 0.1) is 0 Å². The molecule has 0 atom stereocenters. The second-order valence-corrected chi connectivity index (χ2v) is 10.8. The van der Waals surface area contributed by atoms with Crippen LogP contribution in [0.15, 0.2) is 57.9 Å². The largest absolute Gasteiger partial charge is 0.494 e. The number of nitrogens with one attached hydrogen (secondary N) is 1. The fraction of sp³-hybridized carbons (Fsp3) is 0.400. The summed E-state index contributed by atoms with van der Waals surface area (Å²) < 4.78 is 41.1. The Balaban J connectivity index is 1.32. The predicted molar refractivity (Wildman–Crippen MR) is 129 cm³/mol. The molecule has 1 fully saturated rings. The van der Waals surface area contributed by atoms with E-state index in [1.54, 1.807) is 12.1 Å². The van der Waals surface area contributed by atoms with Gasteiger partial charge in [0.15, 0.2) is 14.6 Å². The van der Waals surface area contributed by atoms with Gasteiger partial charge < -0.3 is 14.0 Å². The van der Waals surface area contributed by atoms with Crippen LogP contribution >= 0.6 is 0 Å². The Hall–Kier alpha value is -3.28. The highest BCUT2D eigenvalue weighted by molar-refractivity contribution is 7.93. The smallest absolute Gasteiger partial charge is 0.265 e. The van der Waals surface area contributed by atoms with Crippen molar-refractivity contribution in [2.24, 2.45) is 0 Å². The summed E-state index contributed by atoms with van der Waals surface area (Å²) >= 11 is 0. The van der Waals surface area contributed by atoms with Gasteiger partial charge in [-0.3, -0.25) is 10.0 Å². The van der Waals surface area contributed by atoms with Crippen molar-refractivity contribution in [1.82, 2.24) is 15.6 Å². The van der Waals surface area contributed by atoms with Crippen molar-refractivity contribution in [2.75, 3.05) is 19.8 Å².